The van der Waals surface area contributed by atoms with Crippen LogP contribution >= 0.6 is 12.2 Å². The summed E-state index contributed by atoms with van der Waals surface area (Å²) in [6.45, 7) is 2.93. The average Bonchev–Trinajstić information content (AvgIpc) is 2.92. The van der Waals surface area contributed by atoms with Gasteiger partial charge >= 0.3 is 0 Å². The molecular weight excluding hydrogens is 376 g/mol. The van der Waals surface area contributed by atoms with E-state index < -0.39 is 0 Å². The Kier molecular flexibility index (Phi) is 4.79. The molecule has 0 aliphatic carbocycles. The molecule has 1 aliphatic rings. The molecule has 1 aromatic heterocycles. The highest BCUT2D eigenvalue weighted by molar-refractivity contribution is 7.80. The minimum Gasteiger partial charge on any atom is -0.486 e. The standard InChI is InChI=1S/C20H20N4O3S/c1-13-18(19(25)24(23(13)2)15-6-4-3-5-7-15)22-20(28)21-14-8-9-16-17(12-14)27-11-10-26-16/h3-9,12H,10-11H2,1-2H3,(H2,21,22,28). The molecular formula is C20H20N4O3S. The Morgan fingerprint density at radius 1 is 1.04 bits per heavy atom. The zero-order valence-corrected chi connectivity index (χ0v) is 16.4. The van der Waals surface area contributed by atoms with Gasteiger partial charge in [0.1, 0.15) is 18.9 Å². The number of hydrogen-bond donors (Lipinski definition) is 2. The van der Waals surface area contributed by atoms with Gasteiger partial charge in [0.05, 0.1) is 11.4 Å². The number of anilines is 2. The van der Waals surface area contributed by atoms with Crippen LogP contribution in [0.1, 0.15) is 5.69 Å². The van der Waals surface area contributed by atoms with E-state index in [0.717, 1.165) is 17.1 Å². The van der Waals surface area contributed by atoms with Crippen LogP contribution in [0, 0.1) is 6.92 Å². The number of nitrogens with one attached hydrogen (secondary N) is 2. The van der Waals surface area contributed by atoms with Crippen molar-refractivity contribution in [1.29, 1.82) is 0 Å². The highest BCUT2D eigenvalue weighted by Gasteiger charge is 2.17. The van der Waals surface area contributed by atoms with E-state index in [-0.39, 0.29) is 5.56 Å². The third-order valence-corrected chi connectivity index (χ3v) is 4.80. The van der Waals surface area contributed by atoms with Crippen LogP contribution in [0.4, 0.5) is 11.4 Å². The zero-order chi connectivity index (χ0) is 19.7. The van der Waals surface area contributed by atoms with Crippen LogP contribution in [0.25, 0.3) is 5.69 Å². The summed E-state index contributed by atoms with van der Waals surface area (Å²) in [5.41, 5.74) is 2.58. The highest BCUT2D eigenvalue weighted by atomic mass is 32.1. The van der Waals surface area contributed by atoms with Gasteiger partial charge in [-0.2, -0.15) is 0 Å². The predicted molar refractivity (Wildman–Crippen MR) is 113 cm³/mol. The normalized spacial score (nSPS) is 12.5. The van der Waals surface area contributed by atoms with Gasteiger partial charge in [-0.15, -0.1) is 0 Å². The van der Waals surface area contributed by atoms with Crippen molar-refractivity contribution < 1.29 is 9.47 Å². The summed E-state index contributed by atoms with van der Waals surface area (Å²) in [6, 6.07) is 15.0. The molecule has 8 heteroatoms. The van der Waals surface area contributed by atoms with Crippen molar-refractivity contribution in [3.8, 4) is 17.2 Å². The van der Waals surface area contributed by atoms with Crippen LogP contribution in [0.5, 0.6) is 11.5 Å². The second-order valence-corrected chi connectivity index (χ2v) is 6.78. The Morgan fingerprint density at radius 3 is 2.50 bits per heavy atom. The molecule has 3 aromatic rings. The van der Waals surface area contributed by atoms with Crippen molar-refractivity contribution in [3.63, 3.8) is 0 Å². The number of fused-ring (bicyclic) bond motifs is 1. The minimum atomic E-state index is -0.169. The van der Waals surface area contributed by atoms with Crippen LogP contribution in [-0.4, -0.2) is 27.7 Å². The van der Waals surface area contributed by atoms with Gasteiger partial charge in [0.2, 0.25) is 0 Å². The molecule has 0 fully saturated rings. The molecule has 2 heterocycles. The number of thiocarbonyl (C=S) groups is 1. The fourth-order valence-electron chi connectivity index (χ4n) is 3.11. The zero-order valence-electron chi connectivity index (χ0n) is 15.6. The van der Waals surface area contributed by atoms with Crippen molar-refractivity contribution in [2.24, 2.45) is 7.05 Å². The lowest BCUT2D eigenvalue weighted by molar-refractivity contribution is 0.171. The molecule has 4 rings (SSSR count). The summed E-state index contributed by atoms with van der Waals surface area (Å²) in [6.07, 6.45) is 0. The average molecular weight is 396 g/mol. The SMILES string of the molecule is Cc1c(NC(=S)Nc2ccc3c(c2)OCCO3)c(=O)n(-c2ccccc2)n1C. The van der Waals surface area contributed by atoms with Gasteiger partial charge in [0, 0.05) is 18.8 Å². The summed E-state index contributed by atoms with van der Waals surface area (Å²) >= 11 is 5.41. The van der Waals surface area contributed by atoms with Crippen molar-refractivity contribution in [2.45, 2.75) is 6.92 Å². The number of aromatic nitrogens is 2. The number of rotatable bonds is 3. The third kappa shape index (κ3) is 3.34. The number of ether oxygens (including phenoxy) is 2. The number of para-hydroxylation sites is 1. The molecule has 7 nitrogen and oxygen atoms in total. The Bertz CT molecular complexity index is 1090. The highest BCUT2D eigenvalue weighted by Crippen LogP contribution is 2.32. The first-order valence-electron chi connectivity index (χ1n) is 8.86. The molecule has 0 bridgehead atoms. The van der Waals surface area contributed by atoms with Crippen LogP contribution in [0.3, 0.4) is 0 Å². The van der Waals surface area contributed by atoms with E-state index in [4.69, 9.17) is 21.7 Å². The fraction of sp³-hybridized carbons (Fsp3) is 0.200. The maximum absolute atomic E-state index is 12.9. The molecule has 0 unspecified atom stereocenters. The van der Waals surface area contributed by atoms with E-state index in [1.807, 2.05) is 62.5 Å². The van der Waals surface area contributed by atoms with E-state index in [2.05, 4.69) is 10.6 Å². The van der Waals surface area contributed by atoms with Gasteiger partial charge in [-0.05, 0) is 43.4 Å². The van der Waals surface area contributed by atoms with E-state index >= 15 is 0 Å². The van der Waals surface area contributed by atoms with Gasteiger partial charge in [0.25, 0.3) is 5.56 Å². The Hall–Kier alpha value is -3.26. The molecule has 2 N–H and O–H groups in total. The number of benzene rings is 2. The largest absolute Gasteiger partial charge is 0.486 e. The van der Waals surface area contributed by atoms with Gasteiger partial charge < -0.3 is 20.1 Å². The lowest BCUT2D eigenvalue weighted by atomic mass is 10.2. The van der Waals surface area contributed by atoms with E-state index in [0.29, 0.717) is 35.5 Å². The first-order valence-corrected chi connectivity index (χ1v) is 9.27. The van der Waals surface area contributed by atoms with Gasteiger partial charge in [-0.3, -0.25) is 9.48 Å². The van der Waals surface area contributed by atoms with Crippen molar-refractivity contribution in [2.75, 3.05) is 23.8 Å². The maximum Gasteiger partial charge on any atom is 0.295 e. The van der Waals surface area contributed by atoms with Crippen LogP contribution < -0.4 is 25.7 Å². The van der Waals surface area contributed by atoms with Gasteiger partial charge in [-0.25, -0.2) is 4.68 Å². The summed E-state index contributed by atoms with van der Waals surface area (Å²) < 4.78 is 14.5. The number of hydrogen-bond acceptors (Lipinski definition) is 4. The van der Waals surface area contributed by atoms with Gasteiger partial charge in [0.15, 0.2) is 16.6 Å². The molecule has 144 valence electrons. The third-order valence-electron chi connectivity index (χ3n) is 4.59. The van der Waals surface area contributed by atoms with Gasteiger partial charge in [-0.1, -0.05) is 18.2 Å². The first-order chi connectivity index (χ1) is 13.5. The lowest BCUT2D eigenvalue weighted by Crippen LogP contribution is -2.25. The fourth-order valence-corrected chi connectivity index (χ4v) is 3.33. The summed E-state index contributed by atoms with van der Waals surface area (Å²) in [7, 11) is 1.84. The van der Waals surface area contributed by atoms with E-state index in [9.17, 15) is 4.79 Å². The quantitative estimate of drug-likeness (QED) is 0.663. The predicted octanol–water partition coefficient (Wildman–Crippen LogP) is 3.06. The van der Waals surface area contributed by atoms with E-state index in [1.165, 1.54) is 0 Å². The molecule has 28 heavy (non-hydrogen) atoms. The summed E-state index contributed by atoms with van der Waals surface area (Å²) in [5, 5.41) is 6.44. The second-order valence-electron chi connectivity index (χ2n) is 6.37. The molecule has 0 amide bonds. The smallest absolute Gasteiger partial charge is 0.295 e. The molecule has 0 saturated heterocycles. The molecule has 0 atom stereocenters. The van der Waals surface area contributed by atoms with Crippen molar-refractivity contribution in [3.05, 3.63) is 64.6 Å². The summed E-state index contributed by atoms with van der Waals surface area (Å²) in [5.74, 6) is 1.38. The molecule has 1 aliphatic heterocycles. The van der Waals surface area contributed by atoms with Crippen LogP contribution in [0.2, 0.25) is 0 Å². The molecule has 0 radical (unpaired) electrons. The molecule has 0 saturated carbocycles. The number of nitrogens with zero attached hydrogens (tertiary/aromatic N) is 2. The molecule has 0 spiro atoms. The second kappa shape index (κ2) is 7.40. The first kappa shape index (κ1) is 18.1. The monoisotopic (exact) mass is 396 g/mol. The summed E-state index contributed by atoms with van der Waals surface area (Å²) in [4.78, 5) is 12.9. The Morgan fingerprint density at radius 2 is 1.75 bits per heavy atom. The molecule has 2 aromatic carbocycles. The van der Waals surface area contributed by atoms with Crippen LogP contribution in [0.15, 0.2) is 53.3 Å². The van der Waals surface area contributed by atoms with Crippen molar-refractivity contribution in [1.82, 2.24) is 9.36 Å². The maximum atomic E-state index is 12.9. The lowest BCUT2D eigenvalue weighted by Gasteiger charge is -2.19. The van der Waals surface area contributed by atoms with E-state index in [1.54, 1.807) is 9.36 Å². The Labute approximate surface area is 167 Å². The Balaban J connectivity index is 1.56. The van der Waals surface area contributed by atoms with Crippen LogP contribution in [-0.2, 0) is 7.05 Å². The topological polar surface area (TPSA) is 69.4 Å². The minimum absolute atomic E-state index is 0.169. The van der Waals surface area contributed by atoms with Crippen molar-refractivity contribution >= 4 is 28.7 Å².